The molecule has 1 fully saturated rings. The highest BCUT2D eigenvalue weighted by molar-refractivity contribution is 5.91. The predicted octanol–water partition coefficient (Wildman–Crippen LogP) is 1.54. The largest absolute Gasteiger partial charge is 0.465 e. The minimum Gasteiger partial charge on any atom is -0.465 e. The summed E-state index contributed by atoms with van der Waals surface area (Å²) in [5.41, 5.74) is 1.66. The summed E-state index contributed by atoms with van der Waals surface area (Å²) < 4.78 is 10.5. The molecule has 0 spiro atoms. The lowest BCUT2D eigenvalue weighted by atomic mass is 10.3. The van der Waals surface area contributed by atoms with Crippen molar-refractivity contribution in [2.45, 2.75) is 13.5 Å². The Bertz CT molecular complexity index is 707. The number of aryl methyl sites for hydroxylation is 1. The summed E-state index contributed by atoms with van der Waals surface area (Å²) in [6.45, 7) is 5.19. The number of carbonyl (C=O) groups is 1. The van der Waals surface area contributed by atoms with E-state index in [2.05, 4.69) is 20.2 Å². The Labute approximate surface area is 140 Å². The van der Waals surface area contributed by atoms with Gasteiger partial charge in [-0.05, 0) is 31.2 Å². The topological polar surface area (TPSA) is 80.5 Å². The highest BCUT2D eigenvalue weighted by atomic mass is 16.5. The first-order chi connectivity index (χ1) is 11.7. The van der Waals surface area contributed by atoms with E-state index in [1.807, 2.05) is 13.0 Å². The Kier molecular flexibility index (Phi) is 5.22. The highest BCUT2D eigenvalue weighted by Crippen LogP contribution is 2.12. The average Bonchev–Trinajstić information content (AvgIpc) is 3.12. The van der Waals surface area contributed by atoms with Crippen LogP contribution in [0.4, 0.5) is 5.95 Å². The van der Waals surface area contributed by atoms with Gasteiger partial charge in [-0.3, -0.25) is 4.79 Å². The summed E-state index contributed by atoms with van der Waals surface area (Å²) in [7, 11) is 0. The molecule has 1 amide bonds. The van der Waals surface area contributed by atoms with Gasteiger partial charge in [0, 0.05) is 24.9 Å². The number of amides is 1. The highest BCUT2D eigenvalue weighted by Gasteiger charge is 2.15. The first-order valence-corrected chi connectivity index (χ1v) is 7.87. The van der Waals surface area contributed by atoms with Gasteiger partial charge in [0.15, 0.2) is 0 Å². The average molecular weight is 328 g/mol. The van der Waals surface area contributed by atoms with Gasteiger partial charge in [0.05, 0.1) is 31.7 Å². The van der Waals surface area contributed by atoms with Crippen LogP contribution >= 0.6 is 0 Å². The van der Waals surface area contributed by atoms with Crippen molar-refractivity contribution in [2.75, 3.05) is 31.2 Å². The molecule has 0 aromatic carbocycles. The SMILES string of the molecule is Cc1cc(CNC(=O)C=Cc2ccco2)nc(N2CCOCC2)n1. The Morgan fingerprint density at radius 3 is 2.96 bits per heavy atom. The van der Waals surface area contributed by atoms with E-state index in [1.54, 1.807) is 24.5 Å². The van der Waals surface area contributed by atoms with Gasteiger partial charge in [0.2, 0.25) is 11.9 Å². The Morgan fingerprint density at radius 1 is 1.38 bits per heavy atom. The molecule has 0 bridgehead atoms. The second-order valence-electron chi connectivity index (χ2n) is 5.47. The third-order valence-electron chi connectivity index (χ3n) is 3.58. The van der Waals surface area contributed by atoms with Crippen molar-refractivity contribution in [3.05, 3.63) is 47.7 Å². The normalized spacial score (nSPS) is 15.0. The van der Waals surface area contributed by atoms with E-state index < -0.39 is 0 Å². The van der Waals surface area contributed by atoms with E-state index in [9.17, 15) is 4.79 Å². The molecule has 126 valence electrons. The molecule has 0 aliphatic carbocycles. The van der Waals surface area contributed by atoms with Gasteiger partial charge in [0.1, 0.15) is 5.76 Å². The molecule has 1 aliphatic heterocycles. The lowest BCUT2D eigenvalue weighted by Crippen LogP contribution is -2.37. The van der Waals surface area contributed by atoms with Gasteiger partial charge >= 0.3 is 0 Å². The van der Waals surface area contributed by atoms with Gasteiger partial charge in [-0.25, -0.2) is 9.97 Å². The second kappa shape index (κ2) is 7.74. The third kappa shape index (κ3) is 4.42. The Balaban J connectivity index is 1.60. The molecule has 0 saturated carbocycles. The van der Waals surface area contributed by atoms with E-state index in [0.29, 0.717) is 31.5 Å². The van der Waals surface area contributed by atoms with Crippen LogP contribution in [0.25, 0.3) is 6.08 Å². The van der Waals surface area contributed by atoms with Crippen molar-refractivity contribution >= 4 is 17.9 Å². The van der Waals surface area contributed by atoms with Crippen molar-refractivity contribution < 1.29 is 13.9 Å². The number of carbonyl (C=O) groups excluding carboxylic acids is 1. The summed E-state index contributed by atoms with van der Waals surface area (Å²) >= 11 is 0. The van der Waals surface area contributed by atoms with Gasteiger partial charge in [-0.15, -0.1) is 0 Å². The van der Waals surface area contributed by atoms with Crippen LogP contribution in [0.2, 0.25) is 0 Å². The monoisotopic (exact) mass is 328 g/mol. The lowest BCUT2D eigenvalue weighted by molar-refractivity contribution is -0.116. The maximum atomic E-state index is 11.9. The zero-order valence-electron chi connectivity index (χ0n) is 13.6. The lowest BCUT2D eigenvalue weighted by Gasteiger charge is -2.27. The summed E-state index contributed by atoms with van der Waals surface area (Å²) in [6.07, 6.45) is 4.63. The van der Waals surface area contributed by atoms with Crippen LogP contribution in [-0.2, 0) is 16.1 Å². The zero-order valence-corrected chi connectivity index (χ0v) is 13.6. The molecule has 7 nitrogen and oxygen atoms in total. The molecule has 0 atom stereocenters. The Morgan fingerprint density at radius 2 is 2.21 bits per heavy atom. The van der Waals surface area contributed by atoms with Gasteiger partial charge in [0.25, 0.3) is 0 Å². The zero-order chi connectivity index (χ0) is 16.8. The van der Waals surface area contributed by atoms with Crippen LogP contribution in [0.5, 0.6) is 0 Å². The number of aromatic nitrogens is 2. The van der Waals surface area contributed by atoms with Crippen molar-refractivity contribution in [3.8, 4) is 0 Å². The van der Waals surface area contributed by atoms with E-state index in [4.69, 9.17) is 9.15 Å². The van der Waals surface area contributed by atoms with Gasteiger partial charge in [-0.2, -0.15) is 0 Å². The number of nitrogens with zero attached hydrogens (tertiary/aromatic N) is 3. The van der Waals surface area contributed by atoms with Crippen molar-refractivity contribution in [2.24, 2.45) is 0 Å². The fourth-order valence-electron chi connectivity index (χ4n) is 2.39. The number of morpholine rings is 1. The standard InChI is InChI=1S/C17H20N4O3/c1-13-11-14(20-17(19-13)21-6-9-23-10-7-21)12-18-16(22)5-4-15-3-2-8-24-15/h2-5,8,11H,6-7,9-10,12H2,1H3,(H,18,22). The minimum atomic E-state index is -0.199. The van der Waals surface area contributed by atoms with E-state index in [1.165, 1.54) is 6.08 Å². The van der Waals surface area contributed by atoms with Crippen LogP contribution in [0.15, 0.2) is 35.0 Å². The molecule has 0 radical (unpaired) electrons. The minimum absolute atomic E-state index is 0.199. The number of nitrogens with one attached hydrogen (secondary N) is 1. The van der Waals surface area contributed by atoms with E-state index in [-0.39, 0.29) is 5.91 Å². The number of hydrogen-bond acceptors (Lipinski definition) is 6. The maximum absolute atomic E-state index is 11.9. The first kappa shape index (κ1) is 16.2. The molecule has 2 aromatic rings. The smallest absolute Gasteiger partial charge is 0.244 e. The molecule has 0 unspecified atom stereocenters. The van der Waals surface area contributed by atoms with E-state index >= 15 is 0 Å². The fourth-order valence-corrected chi connectivity index (χ4v) is 2.39. The molecular formula is C17H20N4O3. The summed E-state index contributed by atoms with van der Waals surface area (Å²) in [4.78, 5) is 23.0. The summed E-state index contributed by atoms with van der Waals surface area (Å²) in [6, 6.07) is 5.43. The molecular weight excluding hydrogens is 308 g/mol. The maximum Gasteiger partial charge on any atom is 0.244 e. The van der Waals surface area contributed by atoms with Gasteiger partial charge < -0.3 is 19.4 Å². The summed E-state index contributed by atoms with van der Waals surface area (Å²) in [5.74, 6) is 1.13. The number of anilines is 1. The van der Waals surface area contributed by atoms with Crippen LogP contribution in [0, 0.1) is 6.92 Å². The predicted molar refractivity (Wildman–Crippen MR) is 89.4 cm³/mol. The van der Waals surface area contributed by atoms with Crippen molar-refractivity contribution in [1.82, 2.24) is 15.3 Å². The molecule has 1 N–H and O–H groups in total. The van der Waals surface area contributed by atoms with E-state index in [0.717, 1.165) is 24.5 Å². The number of rotatable bonds is 5. The molecule has 1 saturated heterocycles. The number of furan rings is 1. The quantitative estimate of drug-likeness (QED) is 0.839. The van der Waals surface area contributed by atoms with Crippen LogP contribution in [-0.4, -0.2) is 42.2 Å². The summed E-state index contributed by atoms with van der Waals surface area (Å²) in [5, 5.41) is 2.82. The fraction of sp³-hybridized carbons (Fsp3) is 0.353. The molecule has 24 heavy (non-hydrogen) atoms. The van der Waals surface area contributed by atoms with Crippen molar-refractivity contribution in [1.29, 1.82) is 0 Å². The Hall–Kier alpha value is -2.67. The third-order valence-corrected chi connectivity index (χ3v) is 3.58. The molecule has 7 heteroatoms. The van der Waals surface area contributed by atoms with Crippen LogP contribution in [0.3, 0.4) is 0 Å². The molecule has 1 aliphatic rings. The molecule has 2 aromatic heterocycles. The first-order valence-electron chi connectivity index (χ1n) is 7.87. The number of hydrogen-bond donors (Lipinski definition) is 1. The second-order valence-corrected chi connectivity index (χ2v) is 5.47. The molecule has 3 rings (SSSR count). The van der Waals surface area contributed by atoms with Crippen LogP contribution in [0.1, 0.15) is 17.1 Å². The van der Waals surface area contributed by atoms with Crippen LogP contribution < -0.4 is 10.2 Å². The molecule has 3 heterocycles. The van der Waals surface area contributed by atoms with Crippen molar-refractivity contribution in [3.63, 3.8) is 0 Å². The number of ether oxygens (including phenoxy) is 1. The van der Waals surface area contributed by atoms with Gasteiger partial charge in [-0.1, -0.05) is 0 Å².